The standard InChI is InChI=1S/C17H13N3O2/c1-20-9-13(11-4-2-3-5-15(11)20)16-12-8-10(17(21)22)6-7-14(12)18-19-16/h2-9H,1H3,(H,18,19)(H,21,22). The van der Waals surface area contributed by atoms with Gasteiger partial charge in [0.25, 0.3) is 0 Å². The van der Waals surface area contributed by atoms with E-state index in [-0.39, 0.29) is 5.56 Å². The Morgan fingerprint density at radius 2 is 2.00 bits per heavy atom. The van der Waals surface area contributed by atoms with Gasteiger partial charge in [-0.15, -0.1) is 0 Å². The summed E-state index contributed by atoms with van der Waals surface area (Å²) in [5, 5.41) is 18.5. The van der Waals surface area contributed by atoms with Gasteiger partial charge in [0.15, 0.2) is 0 Å². The molecule has 0 atom stereocenters. The molecule has 22 heavy (non-hydrogen) atoms. The highest BCUT2D eigenvalue weighted by Crippen LogP contribution is 2.33. The first-order chi connectivity index (χ1) is 10.6. The third-order valence-corrected chi connectivity index (χ3v) is 3.96. The van der Waals surface area contributed by atoms with Crippen molar-refractivity contribution >= 4 is 27.8 Å². The molecule has 108 valence electrons. The van der Waals surface area contributed by atoms with Crippen molar-refractivity contribution in [3.05, 3.63) is 54.2 Å². The predicted molar refractivity (Wildman–Crippen MR) is 85.0 cm³/mol. The van der Waals surface area contributed by atoms with Crippen LogP contribution < -0.4 is 0 Å². The summed E-state index contributed by atoms with van der Waals surface area (Å²) < 4.78 is 2.05. The topological polar surface area (TPSA) is 70.9 Å². The molecule has 0 aliphatic rings. The Labute approximate surface area is 125 Å². The third-order valence-electron chi connectivity index (χ3n) is 3.96. The summed E-state index contributed by atoms with van der Waals surface area (Å²) >= 11 is 0. The Hall–Kier alpha value is -3.08. The van der Waals surface area contributed by atoms with Gasteiger partial charge in [0, 0.05) is 35.1 Å². The first-order valence-corrected chi connectivity index (χ1v) is 6.91. The highest BCUT2D eigenvalue weighted by Gasteiger charge is 2.15. The normalized spacial score (nSPS) is 11.3. The SMILES string of the molecule is Cn1cc(-c2n[nH]c3ccc(C(=O)O)cc23)c2ccccc21. The van der Waals surface area contributed by atoms with Crippen LogP contribution in [0.4, 0.5) is 0 Å². The fraction of sp³-hybridized carbons (Fsp3) is 0.0588. The second kappa shape index (κ2) is 4.46. The molecule has 2 aromatic carbocycles. The fourth-order valence-corrected chi connectivity index (χ4v) is 2.88. The van der Waals surface area contributed by atoms with Crippen molar-refractivity contribution in [3.63, 3.8) is 0 Å². The van der Waals surface area contributed by atoms with Crippen molar-refractivity contribution in [2.24, 2.45) is 7.05 Å². The fourth-order valence-electron chi connectivity index (χ4n) is 2.88. The van der Waals surface area contributed by atoms with Crippen LogP contribution in [0.15, 0.2) is 48.7 Å². The number of carboxylic acids is 1. The number of aromatic carboxylic acids is 1. The number of fused-ring (bicyclic) bond motifs is 2. The van der Waals surface area contributed by atoms with Crippen LogP contribution >= 0.6 is 0 Å². The zero-order valence-corrected chi connectivity index (χ0v) is 11.9. The van der Waals surface area contributed by atoms with Gasteiger partial charge in [-0.2, -0.15) is 5.10 Å². The van der Waals surface area contributed by atoms with E-state index in [4.69, 9.17) is 0 Å². The van der Waals surface area contributed by atoms with Gasteiger partial charge in [-0.1, -0.05) is 18.2 Å². The maximum absolute atomic E-state index is 11.2. The lowest BCUT2D eigenvalue weighted by Gasteiger charge is -1.98. The molecule has 2 N–H and O–H groups in total. The van der Waals surface area contributed by atoms with Crippen molar-refractivity contribution in [2.45, 2.75) is 0 Å². The molecule has 2 heterocycles. The van der Waals surface area contributed by atoms with E-state index in [9.17, 15) is 9.90 Å². The van der Waals surface area contributed by atoms with E-state index in [1.54, 1.807) is 18.2 Å². The number of H-pyrrole nitrogens is 1. The summed E-state index contributed by atoms with van der Waals surface area (Å²) in [5.41, 5.74) is 3.97. The van der Waals surface area contributed by atoms with Crippen molar-refractivity contribution in [2.75, 3.05) is 0 Å². The number of carbonyl (C=O) groups is 1. The van der Waals surface area contributed by atoms with Gasteiger partial charge < -0.3 is 9.67 Å². The minimum Gasteiger partial charge on any atom is -0.478 e. The number of aromatic nitrogens is 3. The van der Waals surface area contributed by atoms with Gasteiger partial charge in [-0.3, -0.25) is 5.10 Å². The van der Waals surface area contributed by atoms with Crippen LogP contribution in [0.1, 0.15) is 10.4 Å². The predicted octanol–water partition coefficient (Wildman–Crippen LogP) is 3.42. The van der Waals surface area contributed by atoms with Gasteiger partial charge in [0.1, 0.15) is 5.69 Å². The Balaban J connectivity index is 2.04. The highest BCUT2D eigenvalue weighted by atomic mass is 16.4. The van der Waals surface area contributed by atoms with Crippen molar-refractivity contribution in [3.8, 4) is 11.3 Å². The van der Waals surface area contributed by atoms with Gasteiger partial charge in [0.2, 0.25) is 0 Å². The average molecular weight is 291 g/mol. The minimum absolute atomic E-state index is 0.260. The Morgan fingerprint density at radius 1 is 1.18 bits per heavy atom. The number of hydrogen-bond acceptors (Lipinski definition) is 2. The summed E-state index contributed by atoms with van der Waals surface area (Å²) in [6.45, 7) is 0. The van der Waals surface area contributed by atoms with Gasteiger partial charge in [-0.25, -0.2) is 4.79 Å². The van der Waals surface area contributed by atoms with Crippen molar-refractivity contribution in [1.29, 1.82) is 0 Å². The molecule has 4 rings (SSSR count). The number of aryl methyl sites for hydroxylation is 1. The highest BCUT2D eigenvalue weighted by molar-refractivity contribution is 6.05. The lowest BCUT2D eigenvalue weighted by Crippen LogP contribution is -1.94. The first-order valence-electron chi connectivity index (χ1n) is 6.91. The molecule has 4 aromatic rings. The molecule has 0 bridgehead atoms. The molecular formula is C17H13N3O2. The van der Waals surface area contributed by atoms with Gasteiger partial charge >= 0.3 is 5.97 Å². The van der Waals surface area contributed by atoms with Crippen LogP contribution in [0, 0.1) is 0 Å². The van der Waals surface area contributed by atoms with Crippen LogP contribution in [-0.4, -0.2) is 25.8 Å². The average Bonchev–Trinajstić information content (AvgIpc) is 3.08. The minimum atomic E-state index is -0.938. The van der Waals surface area contributed by atoms with E-state index in [1.807, 2.05) is 36.0 Å². The first kappa shape index (κ1) is 12.6. The smallest absolute Gasteiger partial charge is 0.335 e. The lowest BCUT2D eigenvalue weighted by molar-refractivity contribution is 0.0697. The monoisotopic (exact) mass is 291 g/mol. The molecule has 0 radical (unpaired) electrons. The molecule has 0 unspecified atom stereocenters. The molecule has 0 saturated heterocycles. The molecule has 0 amide bonds. The number of hydrogen-bond donors (Lipinski definition) is 2. The van der Waals surface area contributed by atoms with E-state index in [0.29, 0.717) is 0 Å². The van der Waals surface area contributed by atoms with Crippen LogP contribution in [0.3, 0.4) is 0 Å². The van der Waals surface area contributed by atoms with E-state index >= 15 is 0 Å². The Bertz CT molecular complexity index is 1030. The number of rotatable bonds is 2. The van der Waals surface area contributed by atoms with E-state index in [2.05, 4.69) is 16.3 Å². The molecule has 5 nitrogen and oxygen atoms in total. The second-order valence-electron chi connectivity index (χ2n) is 5.31. The van der Waals surface area contributed by atoms with Crippen LogP contribution in [0.25, 0.3) is 33.1 Å². The second-order valence-corrected chi connectivity index (χ2v) is 5.31. The lowest BCUT2D eigenvalue weighted by atomic mass is 10.0. The van der Waals surface area contributed by atoms with Gasteiger partial charge in [-0.05, 0) is 24.3 Å². The number of benzene rings is 2. The third kappa shape index (κ3) is 1.72. The quantitative estimate of drug-likeness (QED) is 0.594. The van der Waals surface area contributed by atoms with Crippen molar-refractivity contribution < 1.29 is 9.90 Å². The van der Waals surface area contributed by atoms with Gasteiger partial charge in [0.05, 0.1) is 11.1 Å². The number of aromatic amines is 1. The summed E-state index contributed by atoms with van der Waals surface area (Å²) in [4.78, 5) is 11.2. The molecule has 0 saturated carbocycles. The van der Waals surface area contributed by atoms with E-state index in [0.717, 1.165) is 33.1 Å². The zero-order valence-electron chi connectivity index (χ0n) is 11.9. The molecule has 0 fully saturated rings. The molecule has 5 heteroatoms. The van der Waals surface area contributed by atoms with E-state index in [1.165, 1.54) is 0 Å². The molecule has 0 aliphatic carbocycles. The summed E-state index contributed by atoms with van der Waals surface area (Å²) in [6.07, 6.45) is 2.02. The number of carboxylic acid groups (broad SMARTS) is 1. The van der Waals surface area contributed by atoms with Crippen LogP contribution in [0.2, 0.25) is 0 Å². The molecule has 0 spiro atoms. The summed E-state index contributed by atoms with van der Waals surface area (Å²) in [7, 11) is 1.99. The van der Waals surface area contributed by atoms with Crippen molar-refractivity contribution in [1.82, 2.24) is 14.8 Å². The summed E-state index contributed by atoms with van der Waals surface area (Å²) in [6, 6.07) is 13.1. The maximum atomic E-state index is 11.2. The van der Waals surface area contributed by atoms with Crippen LogP contribution in [-0.2, 0) is 7.05 Å². The largest absolute Gasteiger partial charge is 0.478 e. The number of nitrogens with one attached hydrogen (secondary N) is 1. The number of para-hydroxylation sites is 1. The zero-order chi connectivity index (χ0) is 15.3. The Kier molecular flexibility index (Phi) is 2.56. The number of nitrogens with zero attached hydrogens (tertiary/aromatic N) is 2. The molecule has 2 aromatic heterocycles. The maximum Gasteiger partial charge on any atom is 0.335 e. The Morgan fingerprint density at radius 3 is 2.82 bits per heavy atom. The molecule has 0 aliphatic heterocycles. The molecular weight excluding hydrogens is 278 g/mol. The van der Waals surface area contributed by atoms with Crippen LogP contribution in [0.5, 0.6) is 0 Å². The van der Waals surface area contributed by atoms with E-state index < -0.39 is 5.97 Å². The summed E-state index contributed by atoms with van der Waals surface area (Å²) in [5.74, 6) is -0.938.